The van der Waals surface area contributed by atoms with Crippen LogP contribution in [0.25, 0.3) is 0 Å². The fourth-order valence-electron chi connectivity index (χ4n) is 4.36. The van der Waals surface area contributed by atoms with Crippen molar-refractivity contribution in [3.05, 3.63) is 47.5 Å². The van der Waals surface area contributed by atoms with E-state index in [2.05, 4.69) is 6.08 Å². The highest BCUT2D eigenvalue weighted by Gasteiger charge is 2.53. The number of ether oxygens (including phenoxy) is 2. The number of rotatable bonds is 3. The molecule has 1 N–H and O–H groups in total. The third kappa shape index (κ3) is 5.26. The highest BCUT2D eigenvalue weighted by molar-refractivity contribution is 5.74. The third-order valence-electron chi connectivity index (χ3n) is 5.60. The zero-order chi connectivity index (χ0) is 23.7. The van der Waals surface area contributed by atoms with Gasteiger partial charge in [-0.15, -0.1) is 0 Å². The van der Waals surface area contributed by atoms with E-state index in [9.17, 15) is 14.7 Å². The fourth-order valence-corrected chi connectivity index (χ4v) is 4.36. The summed E-state index contributed by atoms with van der Waals surface area (Å²) in [7, 11) is 0. The van der Waals surface area contributed by atoms with Crippen molar-refractivity contribution in [1.82, 2.24) is 9.80 Å². The Hall–Kier alpha value is -2.54. The molecule has 32 heavy (non-hydrogen) atoms. The molecule has 2 unspecified atom stereocenters. The van der Waals surface area contributed by atoms with Gasteiger partial charge in [-0.05, 0) is 65.5 Å². The number of amides is 2. The van der Waals surface area contributed by atoms with Crippen molar-refractivity contribution in [2.24, 2.45) is 0 Å². The maximum Gasteiger partial charge on any atom is 0.411 e. The molecule has 2 amide bonds. The van der Waals surface area contributed by atoms with Crippen LogP contribution in [0.5, 0.6) is 0 Å². The number of piperazine rings is 1. The minimum atomic E-state index is -0.769. The molecule has 0 saturated carbocycles. The molecule has 0 spiro atoms. The summed E-state index contributed by atoms with van der Waals surface area (Å²) in [6.45, 7) is 11.8. The van der Waals surface area contributed by atoms with Gasteiger partial charge in [0, 0.05) is 13.2 Å². The molecule has 0 radical (unpaired) electrons. The second-order valence-corrected chi connectivity index (χ2v) is 10.6. The summed E-state index contributed by atoms with van der Waals surface area (Å²) in [5.41, 5.74) is -0.0754. The van der Waals surface area contributed by atoms with E-state index in [1.165, 1.54) is 0 Å². The van der Waals surface area contributed by atoms with Crippen LogP contribution in [0.4, 0.5) is 9.59 Å². The monoisotopic (exact) mass is 444 g/mol. The molecule has 1 fully saturated rings. The molecule has 2 heterocycles. The van der Waals surface area contributed by atoms with E-state index in [-0.39, 0.29) is 18.7 Å². The first-order valence-electron chi connectivity index (χ1n) is 11.2. The highest BCUT2D eigenvalue weighted by atomic mass is 16.6. The van der Waals surface area contributed by atoms with Crippen LogP contribution in [0.3, 0.4) is 0 Å². The van der Waals surface area contributed by atoms with Crippen LogP contribution in [0.15, 0.2) is 36.4 Å². The molecule has 3 rings (SSSR count). The number of carbonyl (C=O) groups is 2. The molecule has 2 atom stereocenters. The molecule has 2 aliphatic rings. The normalized spacial score (nSPS) is 23.2. The van der Waals surface area contributed by atoms with Gasteiger partial charge in [-0.2, -0.15) is 0 Å². The average Bonchev–Trinajstić information content (AvgIpc) is 2.65. The maximum atomic E-state index is 13.4. The molecular weight excluding hydrogens is 408 g/mol. The van der Waals surface area contributed by atoms with E-state index in [0.717, 1.165) is 11.1 Å². The van der Waals surface area contributed by atoms with E-state index in [0.29, 0.717) is 25.9 Å². The Labute approximate surface area is 191 Å². The van der Waals surface area contributed by atoms with Gasteiger partial charge in [-0.3, -0.25) is 4.90 Å². The summed E-state index contributed by atoms with van der Waals surface area (Å²) in [6, 6.07) is 7.58. The van der Waals surface area contributed by atoms with Crippen LogP contribution in [0, 0.1) is 0 Å². The van der Waals surface area contributed by atoms with Crippen molar-refractivity contribution >= 4 is 12.2 Å². The van der Waals surface area contributed by atoms with Crippen molar-refractivity contribution < 1.29 is 24.2 Å². The average molecular weight is 445 g/mol. The van der Waals surface area contributed by atoms with Crippen LogP contribution in [0.2, 0.25) is 0 Å². The predicted octanol–water partition coefficient (Wildman–Crippen LogP) is 4.23. The largest absolute Gasteiger partial charge is 0.444 e. The molecule has 7 heteroatoms. The number of fused-ring (bicyclic) bond motifs is 2. The van der Waals surface area contributed by atoms with Crippen molar-refractivity contribution in [3.63, 3.8) is 0 Å². The van der Waals surface area contributed by atoms with Crippen molar-refractivity contribution in [3.8, 4) is 0 Å². The molecule has 1 aromatic carbocycles. The van der Waals surface area contributed by atoms with Crippen LogP contribution < -0.4 is 0 Å². The van der Waals surface area contributed by atoms with E-state index in [1.54, 1.807) is 9.80 Å². The summed E-state index contributed by atoms with van der Waals surface area (Å²) in [5, 5.41) is 9.25. The summed E-state index contributed by atoms with van der Waals surface area (Å²) in [6.07, 6.45) is 4.40. The van der Waals surface area contributed by atoms with Gasteiger partial charge >= 0.3 is 12.2 Å². The highest BCUT2D eigenvalue weighted by Crippen LogP contribution is 2.43. The lowest BCUT2D eigenvalue weighted by molar-refractivity contribution is -0.0617. The Morgan fingerprint density at radius 3 is 2.19 bits per heavy atom. The lowest BCUT2D eigenvalue weighted by Crippen LogP contribution is -2.68. The van der Waals surface area contributed by atoms with E-state index >= 15 is 0 Å². The topological polar surface area (TPSA) is 79.3 Å². The van der Waals surface area contributed by atoms with Crippen LogP contribution in [-0.4, -0.2) is 64.0 Å². The summed E-state index contributed by atoms with van der Waals surface area (Å²) < 4.78 is 11.4. The Balaban J connectivity index is 2.03. The van der Waals surface area contributed by atoms with Crippen molar-refractivity contribution in [2.75, 3.05) is 19.7 Å². The summed E-state index contributed by atoms with van der Waals surface area (Å²) in [4.78, 5) is 29.9. The van der Waals surface area contributed by atoms with Gasteiger partial charge in [0.2, 0.25) is 0 Å². The number of nitrogens with zero attached hydrogens (tertiary/aromatic N) is 2. The van der Waals surface area contributed by atoms with Gasteiger partial charge in [-0.25, -0.2) is 9.59 Å². The summed E-state index contributed by atoms with van der Waals surface area (Å²) >= 11 is 0. The van der Waals surface area contributed by atoms with Gasteiger partial charge < -0.3 is 19.5 Å². The van der Waals surface area contributed by atoms with Gasteiger partial charge in [0.1, 0.15) is 11.2 Å². The SMILES string of the molecule is CC(C)(C)OC(=O)N1CC2C=CCC(c3ccc(CCO)cc3)(C1)N2C(=O)OC(C)(C)C. The first-order valence-corrected chi connectivity index (χ1v) is 11.2. The molecule has 0 aromatic heterocycles. The molecular formula is C25H36N2O5. The minimum Gasteiger partial charge on any atom is -0.444 e. The molecule has 2 bridgehead atoms. The lowest BCUT2D eigenvalue weighted by atomic mass is 9.78. The number of hydrogen-bond donors (Lipinski definition) is 1. The standard InChI is InChI=1S/C25H36N2O5/c1-23(2,3)31-21(29)26-16-20-8-7-14-25(17-26,27(20)22(30)32-24(4,5)6)19-11-9-18(10-12-19)13-15-28/h7-12,20,28H,13-17H2,1-6H3. The third-order valence-corrected chi connectivity index (χ3v) is 5.60. The Morgan fingerprint density at radius 1 is 1.03 bits per heavy atom. The second kappa shape index (κ2) is 8.77. The molecule has 176 valence electrons. The van der Waals surface area contributed by atoms with E-state index in [1.807, 2.05) is 71.9 Å². The molecule has 0 aliphatic carbocycles. The fraction of sp³-hybridized carbons (Fsp3) is 0.600. The van der Waals surface area contributed by atoms with Gasteiger partial charge in [0.05, 0.1) is 18.1 Å². The van der Waals surface area contributed by atoms with Crippen LogP contribution in [-0.2, 0) is 21.4 Å². The number of aliphatic hydroxyl groups excluding tert-OH is 1. The summed E-state index contributed by atoms with van der Waals surface area (Å²) in [5.74, 6) is 0. The van der Waals surface area contributed by atoms with Crippen LogP contribution >= 0.6 is 0 Å². The van der Waals surface area contributed by atoms with Crippen LogP contribution in [0.1, 0.15) is 59.1 Å². The second-order valence-electron chi connectivity index (χ2n) is 10.6. The van der Waals surface area contributed by atoms with Gasteiger partial charge in [-0.1, -0.05) is 36.4 Å². The Bertz CT molecular complexity index is 866. The lowest BCUT2D eigenvalue weighted by Gasteiger charge is -2.55. The Kier molecular flexibility index (Phi) is 6.61. The minimum absolute atomic E-state index is 0.0752. The van der Waals surface area contributed by atoms with Crippen molar-refractivity contribution in [1.29, 1.82) is 0 Å². The number of carbonyl (C=O) groups excluding carboxylic acids is 2. The number of hydrogen-bond acceptors (Lipinski definition) is 5. The molecule has 1 aromatic rings. The molecule has 1 saturated heterocycles. The first kappa shape index (κ1) is 24.1. The zero-order valence-electron chi connectivity index (χ0n) is 20.1. The zero-order valence-corrected chi connectivity index (χ0v) is 20.1. The van der Waals surface area contributed by atoms with Crippen molar-refractivity contribution in [2.45, 2.75) is 77.2 Å². The Morgan fingerprint density at radius 2 is 1.62 bits per heavy atom. The maximum absolute atomic E-state index is 13.4. The van der Waals surface area contributed by atoms with E-state index in [4.69, 9.17) is 9.47 Å². The number of aliphatic hydroxyl groups is 1. The van der Waals surface area contributed by atoms with Gasteiger partial charge in [0.15, 0.2) is 0 Å². The smallest absolute Gasteiger partial charge is 0.411 e. The van der Waals surface area contributed by atoms with E-state index < -0.39 is 22.8 Å². The molecule has 2 aliphatic heterocycles. The quantitative estimate of drug-likeness (QED) is 0.706. The number of benzene rings is 1. The predicted molar refractivity (Wildman–Crippen MR) is 122 cm³/mol. The van der Waals surface area contributed by atoms with Gasteiger partial charge in [0.25, 0.3) is 0 Å². The molecule has 7 nitrogen and oxygen atoms in total. The first-order chi connectivity index (χ1) is 14.8.